The standard InChI is InChI=1S/C16H16BrNO4/c1-9-14-11(19)4-3-5-12(14)22-15(9)16(20)18(2)8-10-6-7-13(17)21-10/h6-7H,3-5,8H2,1-2H3. The second kappa shape index (κ2) is 5.76. The Morgan fingerprint density at radius 1 is 1.32 bits per heavy atom. The molecule has 6 heteroatoms. The first-order valence-corrected chi connectivity index (χ1v) is 7.92. The molecule has 5 nitrogen and oxygen atoms in total. The van der Waals surface area contributed by atoms with Crippen LogP contribution in [0.3, 0.4) is 0 Å². The molecular formula is C16H16BrNO4. The van der Waals surface area contributed by atoms with Crippen LogP contribution in [-0.4, -0.2) is 23.6 Å². The van der Waals surface area contributed by atoms with Gasteiger partial charge in [0.2, 0.25) is 0 Å². The Kier molecular flexibility index (Phi) is 3.95. The molecule has 0 fully saturated rings. The Bertz CT molecular complexity index is 743. The Labute approximate surface area is 136 Å². The van der Waals surface area contributed by atoms with Gasteiger partial charge >= 0.3 is 0 Å². The average molecular weight is 366 g/mol. The normalized spacial score (nSPS) is 14.0. The number of aryl methyl sites for hydroxylation is 1. The highest BCUT2D eigenvalue weighted by Gasteiger charge is 2.30. The zero-order valence-electron chi connectivity index (χ0n) is 12.4. The van der Waals surface area contributed by atoms with Crippen LogP contribution in [0.15, 0.2) is 25.6 Å². The van der Waals surface area contributed by atoms with Crippen molar-refractivity contribution in [3.05, 3.63) is 45.2 Å². The molecule has 1 aliphatic carbocycles. The number of rotatable bonds is 3. The summed E-state index contributed by atoms with van der Waals surface area (Å²) >= 11 is 3.23. The summed E-state index contributed by atoms with van der Waals surface area (Å²) in [5.41, 5.74) is 1.25. The summed E-state index contributed by atoms with van der Waals surface area (Å²) in [5.74, 6) is 1.40. The zero-order chi connectivity index (χ0) is 15.9. The van der Waals surface area contributed by atoms with Crippen molar-refractivity contribution < 1.29 is 18.4 Å². The first-order chi connectivity index (χ1) is 10.5. The number of amides is 1. The first-order valence-electron chi connectivity index (χ1n) is 7.12. The van der Waals surface area contributed by atoms with E-state index in [9.17, 15) is 9.59 Å². The lowest BCUT2D eigenvalue weighted by Gasteiger charge is -2.14. The van der Waals surface area contributed by atoms with E-state index in [0.29, 0.717) is 46.7 Å². The Hall–Kier alpha value is -1.82. The second-order valence-corrected chi connectivity index (χ2v) is 6.28. The summed E-state index contributed by atoms with van der Waals surface area (Å²) in [6.07, 6.45) is 2.02. The summed E-state index contributed by atoms with van der Waals surface area (Å²) in [4.78, 5) is 26.1. The summed E-state index contributed by atoms with van der Waals surface area (Å²) < 4.78 is 11.7. The van der Waals surface area contributed by atoms with Crippen LogP contribution in [0.1, 0.15) is 50.8 Å². The van der Waals surface area contributed by atoms with Crippen LogP contribution in [0.25, 0.3) is 0 Å². The summed E-state index contributed by atoms with van der Waals surface area (Å²) in [6, 6.07) is 3.58. The molecule has 0 spiro atoms. The molecule has 2 aromatic rings. The maximum absolute atomic E-state index is 12.6. The molecule has 2 heterocycles. The van der Waals surface area contributed by atoms with Gasteiger partial charge in [-0.1, -0.05) is 0 Å². The van der Waals surface area contributed by atoms with E-state index in [2.05, 4.69) is 15.9 Å². The molecule has 0 aliphatic heterocycles. The van der Waals surface area contributed by atoms with E-state index >= 15 is 0 Å². The van der Waals surface area contributed by atoms with Gasteiger partial charge in [-0.05, 0) is 41.4 Å². The molecule has 3 rings (SSSR count). The van der Waals surface area contributed by atoms with Gasteiger partial charge in [0.15, 0.2) is 16.2 Å². The summed E-state index contributed by atoms with van der Waals surface area (Å²) in [6.45, 7) is 2.11. The molecule has 22 heavy (non-hydrogen) atoms. The van der Waals surface area contributed by atoms with Gasteiger partial charge in [-0.25, -0.2) is 0 Å². The van der Waals surface area contributed by atoms with E-state index in [-0.39, 0.29) is 17.5 Å². The molecule has 0 saturated carbocycles. The van der Waals surface area contributed by atoms with E-state index in [1.54, 1.807) is 26.1 Å². The van der Waals surface area contributed by atoms with Crippen LogP contribution < -0.4 is 0 Å². The monoisotopic (exact) mass is 365 g/mol. The van der Waals surface area contributed by atoms with Gasteiger partial charge in [-0.2, -0.15) is 0 Å². The summed E-state index contributed by atoms with van der Waals surface area (Å²) in [7, 11) is 1.68. The number of halogens is 1. The Balaban J connectivity index is 1.84. The van der Waals surface area contributed by atoms with Crippen molar-refractivity contribution in [3.63, 3.8) is 0 Å². The highest BCUT2D eigenvalue weighted by atomic mass is 79.9. The minimum Gasteiger partial charge on any atom is -0.455 e. The second-order valence-electron chi connectivity index (χ2n) is 5.50. The molecule has 0 bridgehead atoms. The van der Waals surface area contributed by atoms with E-state index in [1.807, 2.05) is 0 Å². The number of carbonyl (C=O) groups is 2. The predicted octanol–water partition coefficient (Wildman–Crippen LogP) is 3.73. The van der Waals surface area contributed by atoms with E-state index < -0.39 is 0 Å². The molecule has 0 saturated heterocycles. The van der Waals surface area contributed by atoms with Crippen molar-refractivity contribution in [1.29, 1.82) is 0 Å². The third-order valence-electron chi connectivity index (χ3n) is 3.87. The summed E-state index contributed by atoms with van der Waals surface area (Å²) in [5, 5.41) is 0. The third kappa shape index (κ3) is 2.63. The maximum atomic E-state index is 12.6. The quantitative estimate of drug-likeness (QED) is 0.830. The minimum atomic E-state index is -0.243. The molecule has 0 aromatic carbocycles. The number of hydrogen-bond donors (Lipinski definition) is 0. The SMILES string of the molecule is Cc1c(C(=O)N(C)Cc2ccc(Br)o2)oc2c1C(=O)CCC2. The van der Waals surface area contributed by atoms with Gasteiger partial charge < -0.3 is 13.7 Å². The number of hydrogen-bond acceptors (Lipinski definition) is 4. The van der Waals surface area contributed by atoms with Crippen molar-refractivity contribution >= 4 is 27.6 Å². The maximum Gasteiger partial charge on any atom is 0.290 e. The van der Waals surface area contributed by atoms with Gasteiger partial charge in [-0.15, -0.1) is 0 Å². The topological polar surface area (TPSA) is 63.7 Å². The van der Waals surface area contributed by atoms with Crippen LogP contribution in [0.5, 0.6) is 0 Å². The lowest BCUT2D eigenvalue weighted by atomic mass is 9.94. The van der Waals surface area contributed by atoms with Gasteiger partial charge in [-0.3, -0.25) is 9.59 Å². The smallest absolute Gasteiger partial charge is 0.290 e. The Morgan fingerprint density at radius 3 is 2.73 bits per heavy atom. The zero-order valence-corrected chi connectivity index (χ0v) is 14.0. The van der Waals surface area contributed by atoms with E-state index in [1.165, 1.54) is 4.90 Å². The lowest BCUT2D eigenvalue weighted by molar-refractivity contribution is 0.0739. The van der Waals surface area contributed by atoms with Crippen molar-refractivity contribution in [2.75, 3.05) is 7.05 Å². The largest absolute Gasteiger partial charge is 0.455 e. The van der Waals surface area contributed by atoms with Gasteiger partial charge in [0.1, 0.15) is 11.5 Å². The average Bonchev–Trinajstić information content (AvgIpc) is 3.03. The van der Waals surface area contributed by atoms with Gasteiger partial charge in [0.05, 0.1) is 12.1 Å². The molecular weight excluding hydrogens is 350 g/mol. The number of nitrogens with zero attached hydrogens (tertiary/aromatic N) is 1. The third-order valence-corrected chi connectivity index (χ3v) is 4.30. The fraction of sp³-hybridized carbons (Fsp3) is 0.375. The molecule has 116 valence electrons. The molecule has 2 aromatic heterocycles. The van der Waals surface area contributed by atoms with Crippen molar-refractivity contribution in [2.45, 2.75) is 32.7 Å². The minimum absolute atomic E-state index is 0.0687. The molecule has 1 aliphatic rings. The van der Waals surface area contributed by atoms with Crippen molar-refractivity contribution in [1.82, 2.24) is 4.90 Å². The fourth-order valence-electron chi connectivity index (χ4n) is 2.77. The van der Waals surface area contributed by atoms with Crippen molar-refractivity contribution in [2.24, 2.45) is 0 Å². The van der Waals surface area contributed by atoms with Crippen LogP contribution >= 0.6 is 15.9 Å². The highest BCUT2D eigenvalue weighted by molar-refractivity contribution is 9.10. The molecule has 0 N–H and O–H groups in total. The predicted molar refractivity (Wildman–Crippen MR) is 82.9 cm³/mol. The lowest BCUT2D eigenvalue weighted by Crippen LogP contribution is -2.26. The van der Waals surface area contributed by atoms with E-state index in [4.69, 9.17) is 8.83 Å². The number of Topliss-reactive ketones (excluding diaryl/α,β-unsaturated/α-hetero) is 1. The number of fused-ring (bicyclic) bond motifs is 1. The van der Waals surface area contributed by atoms with Crippen LogP contribution in [0.2, 0.25) is 0 Å². The van der Waals surface area contributed by atoms with E-state index in [0.717, 1.165) is 6.42 Å². The highest BCUT2D eigenvalue weighted by Crippen LogP contribution is 2.30. The molecule has 1 amide bonds. The van der Waals surface area contributed by atoms with Crippen LogP contribution in [0.4, 0.5) is 0 Å². The van der Waals surface area contributed by atoms with Crippen molar-refractivity contribution in [3.8, 4) is 0 Å². The Morgan fingerprint density at radius 2 is 2.09 bits per heavy atom. The molecule has 0 atom stereocenters. The first kappa shape index (κ1) is 15.1. The number of ketones is 1. The van der Waals surface area contributed by atoms with Gasteiger partial charge in [0, 0.05) is 25.5 Å². The van der Waals surface area contributed by atoms with Gasteiger partial charge in [0.25, 0.3) is 5.91 Å². The fourth-order valence-corrected chi connectivity index (χ4v) is 3.11. The number of furan rings is 2. The molecule has 0 radical (unpaired) electrons. The molecule has 0 unspecified atom stereocenters. The number of carbonyl (C=O) groups excluding carboxylic acids is 2. The van der Waals surface area contributed by atoms with Crippen LogP contribution in [-0.2, 0) is 13.0 Å². The van der Waals surface area contributed by atoms with Crippen LogP contribution in [0, 0.1) is 6.92 Å².